The van der Waals surface area contributed by atoms with Crippen molar-refractivity contribution in [1.29, 1.82) is 0 Å². The van der Waals surface area contributed by atoms with Crippen LogP contribution in [0, 0.1) is 12.7 Å². The van der Waals surface area contributed by atoms with E-state index in [1.807, 2.05) is 0 Å². The second-order valence-corrected chi connectivity index (χ2v) is 9.65. The van der Waals surface area contributed by atoms with Crippen molar-refractivity contribution in [2.24, 2.45) is 0 Å². The number of nitrogens with one attached hydrogen (secondary N) is 2. The molecule has 36 heavy (non-hydrogen) atoms. The smallest absolute Gasteiger partial charge is 0.344 e. The first-order valence-electron chi connectivity index (χ1n) is 11.7. The summed E-state index contributed by atoms with van der Waals surface area (Å²) in [5.74, 6) is -1.94. The Bertz CT molecular complexity index is 1050. The molecular formula is C23H31ClFN5O5S. The van der Waals surface area contributed by atoms with Crippen LogP contribution in [-0.4, -0.2) is 88.8 Å². The van der Waals surface area contributed by atoms with Crippen LogP contribution in [0.25, 0.3) is 0 Å². The number of β-amino-alcohol motifs (C(OH)–C–C–N with tert-alkyl or cyclic N) is 1. The molecule has 1 aromatic heterocycles. The average molecular weight is 544 g/mol. The van der Waals surface area contributed by atoms with E-state index in [-0.39, 0.29) is 29.7 Å². The van der Waals surface area contributed by atoms with E-state index in [4.69, 9.17) is 21.4 Å². The van der Waals surface area contributed by atoms with Gasteiger partial charge in [-0.25, -0.2) is 14.0 Å². The number of unbranched alkanes of at least 4 members (excludes halogenated alkanes) is 1. The first kappa shape index (κ1) is 28.1. The minimum absolute atomic E-state index is 0.0388. The topological polar surface area (TPSA) is 127 Å². The standard InChI is InChI=1S/C23H31ClFN5O5S/c1-15-12-17(24)16(13-18(15)25)14-35-20-19(22(32)33)21(36-28-20)27-23(34)26-4-2-3-5-29-6-8-30(9-7-29)10-11-31/h12-13,31H,2-11,14H2,1H3,(H,32,33)(H2,26,27,34). The highest BCUT2D eigenvalue weighted by Crippen LogP contribution is 2.32. The summed E-state index contributed by atoms with van der Waals surface area (Å²) in [6.07, 6.45) is 1.70. The van der Waals surface area contributed by atoms with Crippen LogP contribution in [0.5, 0.6) is 5.88 Å². The first-order chi connectivity index (χ1) is 17.3. The number of aliphatic hydroxyl groups is 1. The molecule has 1 saturated heterocycles. The van der Waals surface area contributed by atoms with Gasteiger partial charge in [-0.05, 0) is 55.5 Å². The molecule has 0 unspecified atom stereocenters. The van der Waals surface area contributed by atoms with E-state index in [0.717, 1.165) is 57.1 Å². The molecule has 1 aromatic carbocycles. The fourth-order valence-electron chi connectivity index (χ4n) is 3.78. The van der Waals surface area contributed by atoms with E-state index in [1.165, 1.54) is 12.1 Å². The molecule has 2 amide bonds. The second kappa shape index (κ2) is 13.7. The molecule has 0 spiro atoms. The summed E-state index contributed by atoms with van der Waals surface area (Å²) in [5.41, 5.74) is 0.459. The molecule has 3 rings (SSSR count). The summed E-state index contributed by atoms with van der Waals surface area (Å²) in [7, 11) is 0. The largest absolute Gasteiger partial charge is 0.477 e. The number of aromatic carboxylic acids is 1. The van der Waals surface area contributed by atoms with Gasteiger partial charge in [0.05, 0.1) is 6.61 Å². The maximum absolute atomic E-state index is 13.8. The fraction of sp³-hybridized carbons (Fsp3) is 0.522. The summed E-state index contributed by atoms with van der Waals surface area (Å²) >= 11 is 6.90. The number of anilines is 1. The zero-order valence-corrected chi connectivity index (χ0v) is 21.6. The molecule has 10 nitrogen and oxygen atoms in total. The van der Waals surface area contributed by atoms with Gasteiger partial charge in [-0.2, -0.15) is 4.37 Å². The third-order valence-corrected chi connectivity index (χ3v) is 6.96. The summed E-state index contributed by atoms with van der Waals surface area (Å²) in [5, 5.41) is 24.2. The van der Waals surface area contributed by atoms with Gasteiger partial charge >= 0.3 is 12.0 Å². The Morgan fingerprint density at radius 3 is 2.56 bits per heavy atom. The first-order valence-corrected chi connectivity index (χ1v) is 12.8. The lowest BCUT2D eigenvalue weighted by Crippen LogP contribution is -2.47. The zero-order chi connectivity index (χ0) is 26.1. The SMILES string of the molecule is Cc1cc(Cl)c(COc2nsc(NC(=O)NCCCCN3CCN(CCO)CC3)c2C(=O)O)cc1F. The number of piperazine rings is 1. The average Bonchev–Trinajstić information content (AvgIpc) is 3.24. The number of ether oxygens (including phenoxy) is 1. The number of carbonyl (C=O) groups excluding carboxylic acids is 1. The van der Waals surface area contributed by atoms with Gasteiger partial charge in [0.1, 0.15) is 17.4 Å². The van der Waals surface area contributed by atoms with Crippen molar-refractivity contribution < 1.29 is 28.9 Å². The number of aromatic nitrogens is 1. The molecule has 2 aromatic rings. The summed E-state index contributed by atoms with van der Waals surface area (Å²) in [6, 6.07) is 2.16. The van der Waals surface area contributed by atoms with Crippen molar-refractivity contribution in [3.63, 3.8) is 0 Å². The molecule has 1 fully saturated rings. The molecule has 0 atom stereocenters. The Kier molecular flexibility index (Phi) is 10.7. The highest BCUT2D eigenvalue weighted by Gasteiger charge is 2.24. The maximum Gasteiger partial charge on any atom is 0.344 e. The van der Waals surface area contributed by atoms with Gasteiger partial charge in [-0.1, -0.05) is 11.6 Å². The van der Waals surface area contributed by atoms with Gasteiger partial charge in [-0.15, -0.1) is 0 Å². The van der Waals surface area contributed by atoms with E-state index >= 15 is 0 Å². The van der Waals surface area contributed by atoms with Gasteiger partial charge in [0, 0.05) is 49.9 Å². The van der Waals surface area contributed by atoms with Gasteiger partial charge in [0.25, 0.3) is 0 Å². The molecule has 13 heteroatoms. The molecule has 198 valence electrons. The lowest BCUT2D eigenvalue weighted by molar-refractivity contribution is 0.0693. The minimum atomic E-state index is -1.31. The van der Waals surface area contributed by atoms with E-state index in [0.29, 0.717) is 29.2 Å². The number of urea groups is 1. The molecule has 2 heterocycles. The lowest BCUT2D eigenvalue weighted by atomic mass is 10.1. The number of benzene rings is 1. The van der Waals surface area contributed by atoms with Crippen LogP contribution >= 0.6 is 23.1 Å². The minimum Gasteiger partial charge on any atom is -0.477 e. The van der Waals surface area contributed by atoms with Gasteiger partial charge in [0.2, 0.25) is 5.88 Å². The van der Waals surface area contributed by atoms with Crippen LogP contribution in [0.1, 0.15) is 34.3 Å². The van der Waals surface area contributed by atoms with Crippen LogP contribution in [-0.2, 0) is 6.61 Å². The number of rotatable bonds is 12. The van der Waals surface area contributed by atoms with E-state index < -0.39 is 17.8 Å². The Labute approximate surface area is 218 Å². The molecule has 1 aliphatic rings. The molecule has 0 radical (unpaired) electrons. The van der Waals surface area contributed by atoms with Gasteiger partial charge in [-0.3, -0.25) is 10.2 Å². The van der Waals surface area contributed by atoms with Crippen molar-refractivity contribution >= 4 is 40.1 Å². The molecule has 1 aliphatic heterocycles. The number of hydrogen-bond acceptors (Lipinski definition) is 8. The van der Waals surface area contributed by atoms with Crippen LogP contribution in [0.2, 0.25) is 5.02 Å². The molecular weight excluding hydrogens is 513 g/mol. The van der Waals surface area contributed by atoms with Gasteiger partial charge < -0.3 is 25.2 Å². The number of aryl methyl sites for hydroxylation is 1. The molecule has 0 saturated carbocycles. The Balaban J connectivity index is 1.43. The third kappa shape index (κ3) is 8.00. The lowest BCUT2D eigenvalue weighted by Gasteiger charge is -2.34. The number of carbonyl (C=O) groups is 2. The molecule has 0 bridgehead atoms. The zero-order valence-electron chi connectivity index (χ0n) is 20.1. The number of carboxylic acid groups (broad SMARTS) is 1. The van der Waals surface area contributed by atoms with Crippen molar-refractivity contribution in [2.45, 2.75) is 26.4 Å². The number of carboxylic acids is 1. The summed E-state index contributed by atoms with van der Waals surface area (Å²) in [4.78, 5) is 28.7. The van der Waals surface area contributed by atoms with Gasteiger partial charge in [0.15, 0.2) is 5.56 Å². The molecule has 0 aliphatic carbocycles. The Hall–Kier alpha value is -2.51. The maximum atomic E-state index is 13.8. The highest BCUT2D eigenvalue weighted by molar-refractivity contribution is 7.11. The highest BCUT2D eigenvalue weighted by atomic mass is 35.5. The monoisotopic (exact) mass is 543 g/mol. The van der Waals surface area contributed by atoms with Crippen molar-refractivity contribution in [3.05, 3.63) is 39.7 Å². The van der Waals surface area contributed by atoms with Crippen LogP contribution in [0.15, 0.2) is 12.1 Å². The normalized spacial score (nSPS) is 14.6. The van der Waals surface area contributed by atoms with Crippen molar-refractivity contribution in [1.82, 2.24) is 19.5 Å². The van der Waals surface area contributed by atoms with Crippen molar-refractivity contribution in [3.8, 4) is 5.88 Å². The van der Waals surface area contributed by atoms with Crippen LogP contribution in [0.3, 0.4) is 0 Å². The molecule has 4 N–H and O–H groups in total. The van der Waals surface area contributed by atoms with Crippen molar-refractivity contribution in [2.75, 3.05) is 57.7 Å². The predicted octanol–water partition coefficient (Wildman–Crippen LogP) is 3.03. The predicted molar refractivity (Wildman–Crippen MR) is 136 cm³/mol. The number of amides is 2. The number of halogens is 2. The fourth-order valence-corrected chi connectivity index (χ4v) is 4.77. The number of nitrogens with zero attached hydrogens (tertiary/aromatic N) is 3. The summed E-state index contributed by atoms with van der Waals surface area (Å²) in [6.45, 7) is 7.50. The second-order valence-electron chi connectivity index (χ2n) is 8.47. The van der Waals surface area contributed by atoms with Crippen LogP contribution < -0.4 is 15.4 Å². The number of hydrogen-bond donors (Lipinski definition) is 4. The summed E-state index contributed by atoms with van der Waals surface area (Å²) < 4.78 is 23.3. The van der Waals surface area contributed by atoms with E-state index in [2.05, 4.69) is 24.8 Å². The van der Waals surface area contributed by atoms with Crippen LogP contribution in [0.4, 0.5) is 14.2 Å². The third-order valence-electron chi connectivity index (χ3n) is 5.86. The van der Waals surface area contributed by atoms with E-state index in [9.17, 15) is 19.1 Å². The quantitative estimate of drug-likeness (QED) is 0.301. The van der Waals surface area contributed by atoms with E-state index in [1.54, 1.807) is 6.92 Å². The Morgan fingerprint density at radius 1 is 1.19 bits per heavy atom. The number of aliphatic hydroxyl groups excluding tert-OH is 1. The Morgan fingerprint density at radius 2 is 1.89 bits per heavy atom.